The predicted molar refractivity (Wildman–Crippen MR) is 110 cm³/mol. The summed E-state index contributed by atoms with van der Waals surface area (Å²) < 4.78 is 0. The number of benzene rings is 1. The fourth-order valence-corrected chi connectivity index (χ4v) is 3.38. The van der Waals surface area contributed by atoms with Crippen LogP contribution in [0.5, 0.6) is 0 Å². The Kier molecular flexibility index (Phi) is 5.57. The Bertz CT molecular complexity index is 757. The smallest absolute Gasteiger partial charge is 0.250 e. The quantitative estimate of drug-likeness (QED) is 0.628. The number of hydrogen-bond donors (Lipinski definition) is 1. The predicted octanol–water partition coefficient (Wildman–Crippen LogP) is 3.18. The molecule has 0 saturated carbocycles. The fraction of sp³-hybridized carbons (Fsp3) is 0.400. The zero-order valence-corrected chi connectivity index (χ0v) is 15.5. The van der Waals surface area contributed by atoms with E-state index in [2.05, 4.69) is 30.3 Å². The third-order valence-electron chi connectivity index (χ3n) is 4.80. The molecule has 1 N–H and O–H groups in total. The van der Waals surface area contributed by atoms with Gasteiger partial charge in [-0.1, -0.05) is 36.4 Å². The zero-order valence-electron chi connectivity index (χ0n) is 15.5. The summed E-state index contributed by atoms with van der Waals surface area (Å²) in [6.45, 7) is 4.02. The Morgan fingerprint density at radius 1 is 0.815 bits per heavy atom. The summed E-state index contributed by atoms with van der Waals surface area (Å²) in [5.41, 5.74) is 4.10. The first-order chi connectivity index (χ1) is 13.4. The second-order valence-corrected chi connectivity index (χ2v) is 6.81. The van der Waals surface area contributed by atoms with E-state index >= 15 is 0 Å². The van der Waals surface area contributed by atoms with Crippen molar-refractivity contribution in [3.8, 4) is 0 Å². The van der Waals surface area contributed by atoms with Gasteiger partial charge in [-0.25, -0.2) is 5.43 Å². The van der Waals surface area contributed by atoms with Crippen molar-refractivity contribution < 1.29 is 0 Å². The number of anilines is 3. The van der Waals surface area contributed by atoms with Gasteiger partial charge in [0.15, 0.2) is 0 Å². The summed E-state index contributed by atoms with van der Waals surface area (Å²) >= 11 is 0. The van der Waals surface area contributed by atoms with Gasteiger partial charge >= 0.3 is 0 Å². The van der Waals surface area contributed by atoms with E-state index in [0.717, 1.165) is 43.6 Å². The first kappa shape index (κ1) is 17.5. The monoisotopic (exact) mass is 363 g/mol. The van der Waals surface area contributed by atoms with E-state index in [1.807, 2.05) is 42.5 Å². The van der Waals surface area contributed by atoms with Crippen molar-refractivity contribution in [1.29, 1.82) is 0 Å². The average molecular weight is 363 g/mol. The molecule has 0 radical (unpaired) electrons. The van der Waals surface area contributed by atoms with Crippen LogP contribution in [0.4, 0.5) is 17.8 Å². The molecule has 7 nitrogen and oxygen atoms in total. The lowest BCUT2D eigenvalue weighted by molar-refractivity contribution is 0.838. The van der Waals surface area contributed by atoms with Crippen LogP contribution in [0.3, 0.4) is 0 Å². The Balaban J connectivity index is 1.47. The number of nitrogens with one attached hydrogen (secondary N) is 1. The molecule has 2 aromatic rings. The van der Waals surface area contributed by atoms with Crippen LogP contribution in [0.1, 0.15) is 31.2 Å². The van der Waals surface area contributed by atoms with E-state index in [4.69, 9.17) is 4.98 Å². The lowest BCUT2D eigenvalue weighted by Gasteiger charge is -2.20. The molecule has 0 amide bonds. The summed E-state index contributed by atoms with van der Waals surface area (Å²) in [6.07, 6.45) is 10.4. The maximum absolute atomic E-state index is 4.71. The Morgan fingerprint density at radius 3 is 2.00 bits per heavy atom. The molecule has 4 rings (SSSR count). The number of allylic oxidation sites excluding steroid dienone is 1. The van der Waals surface area contributed by atoms with Crippen LogP contribution < -0.4 is 15.2 Å². The first-order valence-corrected chi connectivity index (χ1v) is 9.65. The molecule has 1 aromatic heterocycles. The highest BCUT2D eigenvalue weighted by atomic mass is 15.4. The first-order valence-electron chi connectivity index (χ1n) is 9.65. The number of hydrogen-bond acceptors (Lipinski definition) is 7. The third-order valence-corrected chi connectivity index (χ3v) is 4.80. The lowest BCUT2D eigenvalue weighted by Crippen LogP contribution is -2.25. The Morgan fingerprint density at radius 2 is 1.41 bits per heavy atom. The van der Waals surface area contributed by atoms with Crippen molar-refractivity contribution in [3.63, 3.8) is 0 Å². The average Bonchev–Trinajstić information content (AvgIpc) is 3.42. The molecule has 140 valence electrons. The maximum atomic E-state index is 4.71. The molecule has 2 aliphatic heterocycles. The standard InChI is InChI=1S/C20H25N7/c1-2-9-17(10-3-1)11-8-12-21-25-18-22-19(26-13-4-5-14-26)24-20(23-18)27-15-6-7-16-27/h1-3,8-12H,4-7,13-16H2,(H,22,23,24,25)/b11-8+,21-12+. The van der Waals surface area contributed by atoms with Crippen molar-refractivity contribution in [2.45, 2.75) is 25.7 Å². The van der Waals surface area contributed by atoms with Crippen LogP contribution in [-0.4, -0.2) is 47.3 Å². The van der Waals surface area contributed by atoms with Gasteiger partial charge in [0.1, 0.15) is 0 Å². The Labute approximate surface area is 159 Å². The summed E-state index contributed by atoms with van der Waals surface area (Å²) in [6, 6.07) is 10.1. The summed E-state index contributed by atoms with van der Waals surface area (Å²) in [5.74, 6) is 2.00. The molecule has 1 aromatic carbocycles. The summed E-state index contributed by atoms with van der Waals surface area (Å²) in [5, 5.41) is 4.24. The van der Waals surface area contributed by atoms with Gasteiger partial charge in [0.2, 0.25) is 17.8 Å². The van der Waals surface area contributed by atoms with Gasteiger partial charge in [0, 0.05) is 32.4 Å². The van der Waals surface area contributed by atoms with E-state index in [1.54, 1.807) is 6.21 Å². The van der Waals surface area contributed by atoms with Crippen molar-refractivity contribution in [2.75, 3.05) is 41.4 Å². The zero-order chi connectivity index (χ0) is 18.3. The Hall–Kier alpha value is -2.96. The van der Waals surface area contributed by atoms with Crippen LogP contribution >= 0.6 is 0 Å². The molecule has 0 atom stereocenters. The highest BCUT2D eigenvalue weighted by Crippen LogP contribution is 2.22. The minimum Gasteiger partial charge on any atom is -0.341 e. The molecule has 2 saturated heterocycles. The van der Waals surface area contributed by atoms with Gasteiger partial charge in [-0.3, -0.25) is 0 Å². The number of rotatable bonds is 6. The molecule has 7 heteroatoms. The van der Waals surface area contributed by atoms with Crippen molar-refractivity contribution in [1.82, 2.24) is 15.0 Å². The number of aromatic nitrogens is 3. The summed E-state index contributed by atoms with van der Waals surface area (Å²) in [4.78, 5) is 18.3. The molecule has 0 unspecified atom stereocenters. The van der Waals surface area contributed by atoms with Crippen LogP contribution in [0.15, 0.2) is 41.5 Å². The van der Waals surface area contributed by atoms with Gasteiger partial charge in [0.25, 0.3) is 0 Å². The van der Waals surface area contributed by atoms with Crippen LogP contribution in [-0.2, 0) is 0 Å². The lowest BCUT2D eigenvalue weighted by atomic mass is 10.2. The van der Waals surface area contributed by atoms with Crippen molar-refractivity contribution >= 4 is 30.1 Å². The minimum atomic E-state index is 0.498. The molecule has 0 aliphatic carbocycles. The molecule has 3 heterocycles. The van der Waals surface area contributed by atoms with Gasteiger partial charge in [0.05, 0.1) is 0 Å². The minimum absolute atomic E-state index is 0.498. The van der Waals surface area contributed by atoms with Crippen LogP contribution in [0.2, 0.25) is 0 Å². The van der Waals surface area contributed by atoms with Crippen molar-refractivity contribution in [2.24, 2.45) is 5.10 Å². The largest absolute Gasteiger partial charge is 0.341 e. The van der Waals surface area contributed by atoms with E-state index in [-0.39, 0.29) is 0 Å². The van der Waals surface area contributed by atoms with Gasteiger partial charge in [-0.05, 0) is 37.3 Å². The maximum Gasteiger partial charge on any atom is 0.250 e. The highest BCUT2D eigenvalue weighted by Gasteiger charge is 2.21. The summed E-state index contributed by atoms with van der Waals surface area (Å²) in [7, 11) is 0. The van der Waals surface area contributed by atoms with E-state index < -0.39 is 0 Å². The molecule has 0 spiro atoms. The van der Waals surface area contributed by atoms with Crippen LogP contribution in [0.25, 0.3) is 6.08 Å². The molecule has 27 heavy (non-hydrogen) atoms. The van der Waals surface area contributed by atoms with E-state index in [0.29, 0.717) is 5.95 Å². The molecule has 2 fully saturated rings. The molecule has 0 bridgehead atoms. The third kappa shape index (κ3) is 4.61. The van der Waals surface area contributed by atoms with Crippen molar-refractivity contribution in [3.05, 3.63) is 42.0 Å². The van der Waals surface area contributed by atoms with Gasteiger partial charge in [-0.15, -0.1) is 0 Å². The normalized spacial score (nSPS) is 17.5. The SMILES string of the molecule is C(=C\c1ccccc1)/C=N/Nc1nc(N2CCCC2)nc(N2CCCC2)n1. The van der Waals surface area contributed by atoms with E-state index in [9.17, 15) is 0 Å². The molecule has 2 aliphatic rings. The highest BCUT2D eigenvalue weighted by molar-refractivity contribution is 5.78. The molecular formula is C20H25N7. The van der Waals surface area contributed by atoms with Gasteiger partial charge < -0.3 is 9.80 Å². The van der Waals surface area contributed by atoms with Crippen LogP contribution in [0, 0.1) is 0 Å². The topological polar surface area (TPSA) is 69.5 Å². The number of nitrogens with zero attached hydrogens (tertiary/aromatic N) is 6. The van der Waals surface area contributed by atoms with E-state index in [1.165, 1.54) is 25.7 Å². The second-order valence-electron chi connectivity index (χ2n) is 6.81. The fourth-order valence-electron chi connectivity index (χ4n) is 3.38. The van der Waals surface area contributed by atoms with Gasteiger partial charge in [-0.2, -0.15) is 20.1 Å². The molecular weight excluding hydrogens is 338 g/mol. The number of hydrazone groups is 1. The second kappa shape index (κ2) is 8.62.